The smallest absolute Gasteiger partial charge is 0.416 e. The molecule has 0 aliphatic rings. The molecule has 0 bridgehead atoms. The maximum absolute atomic E-state index is 12.7. The number of hydrogen-bond acceptors (Lipinski definition) is 4. The number of alkyl halides is 3. The zero-order chi connectivity index (χ0) is 21.6. The van der Waals surface area contributed by atoms with E-state index in [1.807, 2.05) is 0 Å². The van der Waals surface area contributed by atoms with Crippen molar-refractivity contribution in [3.8, 4) is 0 Å². The standard InChI is InChI=1S/C20H19F3N2O4/c1-12(26)24-16-5-3-4-14(11-16)18(27)25-17(19(28)29-2)10-13-6-8-15(9-7-13)20(21,22)23/h3-9,11,17H,10H2,1-2H3,(H,24,26)(H,25,27)/t17-/m1/s1. The molecule has 0 radical (unpaired) electrons. The van der Waals surface area contributed by atoms with Gasteiger partial charge in [-0.2, -0.15) is 13.2 Å². The van der Waals surface area contributed by atoms with E-state index in [1.165, 1.54) is 31.2 Å². The van der Waals surface area contributed by atoms with Gasteiger partial charge in [-0.3, -0.25) is 9.59 Å². The Labute approximate surface area is 165 Å². The third-order valence-corrected chi connectivity index (χ3v) is 3.96. The summed E-state index contributed by atoms with van der Waals surface area (Å²) in [6.07, 6.45) is -4.52. The van der Waals surface area contributed by atoms with Crippen LogP contribution in [0.1, 0.15) is 28.4 Å². The number of ether oxygens (including phenoxy) is 1. The van der Waals surface area contributed by atoms with Crippen LogP contribution in [-0.4, -0.2) is 30.9 Å². The quantitative estimate of drug-likeness (QED) is 0.719. The first-order valence-corrected chi connectivity index (χ1v) is 8.52. The fraction of sp³-hybridized carbons (Fsp3) is 0.250. The Hall–Kier alpha value is -3.36. The molecule has 0 saturated carbocycles. The van der Waals surface area contributed by atoms with Crippen molar-refractivity contribution in [1.29, 1.82) is 0 Å². The zero-order valence-corrected chi connectivity index (χ0v) is 15.7. The second-order valence-corrected chi connectivity index (χ2v) is 6.21. The van der Waals surface area contributed by atoms with Gasteiger partial charge in [0, 0.05) is 24.6 Å². The van der Waals surface area contributed by atoms with Gasteiger partial charge in [-0.25, -0.2) is 4.79 Å². The largest absolute Gasteiger partial charge is 0.467 e. The van der Waals surface area contributed by atoms with Crippen LogP contribution >= 0.6 is 0 Å². The number of nitrogens with one attached hydrogen (secondary N) is 2. The van der Waals surface area contributed by atoms with E-state index in [4.69, 9.17) is 0 Å². The lowest BCUT2D eigenvalue weighted by molar-refractivity contribution is -0.143. The molecular formula is C20H19F3N2O4. The van der Waals surface area contributed by atoms with Crippen LogP contribution in [0.5, 0.6) is 0 Å². The molecule has 0 saturated heterocycles. The third kappa shape index (κ3) is 6.34. The van der Waals surface area contributed by atoms with Gasteiger partial charge in [0.05, 0.1) is 12.7 Å². The number of rotatable bonds is 6. The predicted octanol–water partition coefficient (Wildman–Crippen LogP) is 3.18. The molecule has 2 aromatic rings. The molecular weight excluding hydrogens is 389 g/mol. The molecule has 0 heterocycles. The molecule has 29 heavy (non-hydrogen) atoms. The SMILES string of the molecule is COC(=O)[C@@H](Cc1ccc(C(F)(F)F)cc1)NC(=O)c1cccc(NC(C)=O)c1. The summed E-state index contributed by atoms with van der Waals surface area (Å²) in [6, 6.07) is 9.27. The van der Waals surface area contributed by atoms with Crippen molar-refractivity contribution in [2.45, 2.75) is 25.6 Å². The number of benzene rings is 2. The predicted molar refractivity (Wildman–Crippen MR) is 99.2 cm³/mol. The lowest BCUT2D eigenvalue weighted by Gasteiger charge is -2.17. The summed E-state index contributed by atoms with van der Waals surface area (Å²) in [7, 11) is 1.14. The van der Waals surface area contributed by atoms with Crippen molar-refractivity contribution >= 4 is 23.5 Å². The molecule has 6 nitrogen and oxygen atoms in total. The van der Waals surface area contributed by atoms with Gasteiger partial charge in [0.15, 0.2) is 0 Å². The van der Waals surface area contributed by atoms with Crippen LogP contribution in [0.4, 0.5) is 18.9 Å². The number of methoxy groups -OCH3 is 1. The minimum atomic E-state index is -4.46. The molecule has 0 aliphatic heterocycles. The van der Waals surface area contributed by atoms with Crippen LogP contribution in [0.3, 0.4) is 0 Å². The Balaban J connectivity index is 2.15. The Morgan fingerprint density at radius 2 is 1.72 bits per heavy atom. The maximum Gasteiger partial charge on any atom is 0.416 e. The lowest BCUT2D eigenvalue weighted by Crippen LogP contribution is -2.43. The first kappa shape index (κ1) is 21.9. The summed E-state index contributed by atoms with van der Waals surface area (Å²) in [5.74, 6) is -1.65. The zero-order valence-electron chi connectivity index (χ0n) is 15.7. The van der Waals surface area contributed by atoms with Gasteiger partial charge in [0.2, 0.25) is 5.91 Å². The Kier molecular flexibility index (Phi) is 6.98. The van der Waals surface area contributed by atoms with Gasteiger partial charge < -0.3 is 15.4 Å². The fourth-order valence-electron chi connectivity index (χ4n) is 2.58. The van der Waals surface area contributed by atoms with Crippen molar-refractivity contribution in [3.63, 3.8) is 0 Å². The summed E-state index contributed by atoms with van der Waals surface area (Å²) >= 11 is 0. The van der Waals surface area contributed by atoms with Crippen LogP contribution in [-0.2, 0) is 26.9 Å². The van der Waals surface area contributed by atoms with Gasteiger partial charge >= 0.3 is 12.1 Å². The summed E-state index contributed by atoms with van der Waals surface area (Å²) in [6.45, 7) is 1.32. The van der Waals surface area contributed by atoms with Crippen molar-refractivity contribution in [3.05, 3.63) is 65.2 Å². The second-order valence-electron chi connectivity index (χ2n) is 6.21. The van der Waals surface area contributed by atoms with E-state index in [0.717, 1.165) is 19.2 Å². The third-order valence-electron chi connectivity index (χ3n) is 3.96. The van der Waals surface area contributed by atoms with E-state index in [2.05, 4.69) is 15.4 Å². The van der Waals surface area contributed by atoms with Crippen LogP contribution in [0, 0.1) is 0 Å². The van der Waals surface area contributed by atoms with Crippen molar-refractivity contribution in [2.24, 2.45) is 0 Å². The minimum absolute atomic E-state index is 0.0536. The molecule has 1 atom stereocenters. The first-order chi connectivity index (χ1) is 13.6. The topological polar surface area (TPSA) is 84.5 Å². The number of anilines is 1. The summed E-state index contributed by atoms with van der Waals surface area (Å²) in [4.78, 5) is 35.7. The highest BCUT2D eigenvalue weighted by Gasteiger charge is 2.30. The fourth-order valence-corrected chi connectivity index (χ4v) is 2.58. The Bertz CT molecular complexity index is 895. The first-order valence-electron chi connectivity index (χ1n) is 8.52. The Morgan fingerprint density at radius 3 is 2.28 bits per heavy atom. The van der Waals surface area contributed by atoms with Crippen LogP contribution in [0.25, 0.3) is 0 Å². The van der Waals surface area contributed by atoms with Crippen LogP contribution in [0.2, 0.25) is 0 Å². The molecule has 0 spiro atoms. The molecule has 0 aliphatic carbocycles. The van der Waals surface area contributed by atoms with Gasteiger partial charge in [-0.05, 0) is 35.9 Å². The molecule has 9 heteroatoms. The van der Waals surface area contributed by atoms with Gasteiger partial charge in [-0.15, -0.1) is 0 Å². The van der Waals surface area contributed by atoms with Crippen molar-refractivity contribution in [2.75, 3.05) is 12.4 Å². The second kappa shape index (κ2) is 9.22. The normalized spacial score (nSPS) is 12.0. The number of hydrogen-bond donors (Lipinski definition) is 2. The lowest BCUT2D eigenvalue weighted by atomic mass is 10.0. The highest BCUT2D eigenvalue weighted by molar-refractivity contribution is 5.98. The van der Waals surface area contributed by atoms with E-state index in [0.29, 0.717) is 11.3 Å². The number of carbonyl (C=O) groups is 3. The number of amides is 2. The summed E-state index contributed by atoms with van der Waals surface area (Å²) in [5, 5.41) is 5.05. The highest BCUT2D eigenvalue weighted by atomic mass is 19.4. The Morgan fingerprint density at radius 1 is 1.07 bits per heavy atom. The van der Waals surface area contributed by atoms with Crippen LogP contribution < -0.4 is 10.6 Å². The van der Waals surface area contributed by atoms with Gasteiger partial charge in [-0.1, -0.05) is 18.2 Å². The molecule has 2 aromatic carbocycles. The number of halogens is 3. The van der Waals surface area contributed by atoms with Gasteiger partial charge in [0.1, 0.15) is 6.04 Å². The maximum atomic E-state index is 12.7. The molecule has 2 N–H and O–H groups in total. The average molecular weight is 408 g/mol. The summed E-state index contributed by atoms with van der Waals surface area (Å²) < 4.78 is 42.7. The van der Waals surface area contributed by atoms with Gasteiger partial charge in [0.25, 0.3) is 5.91 Å². The highest BCUT2D eigenvalue weighted by Crippen LogP contribution is 2.29. The average Bonchev–Trinajstić information content (AvgIpc) is 2.66. The van der Waals surface area contributed by atoms with E-state index < -0.39 is 29.7 Å². The molecule has 0 aromatic heterocycles. The van der Waals surface area contributed by atoms with Crippen molar-refractivity contribution in [1.82, 2.24) is 5.32 Å². The molecule has 0 fully saturated rings. The van der Waals surface area contributed by atoms with E-state index >= 15 is 0 Å². The molecule has 0 unspecified atom stereocenters. The number of carbonyl (C=O) groups excluding carboxylic acids is 3. The van der Waals surface area contributed by atoms with E-state index in [1.54, 1.807) is 12.1 Å². The molecule has 154 valence electrons. The summed E-state index contributed by atoms with van der Waals surface area (Å²) in [5.41, 5.74) is 0.204. The van der Waals surface area contributed by atoms with E-state index in [9.17, 15) is 27.6 Å². The minimum Gasteiger partial charge on any atom is -0.467 e. The monoisotopic (exact) mass is 408 g/mol. The molecule has 2 amide bonds. The number of esters is 1. The van der Waals surface area contributed by atoms with E-state index in [-0.39, 0.29) is 17.9 Å². The van der Waals surface area contributed by atoms with Crippen molar-refractivity contribution < 1.29 is 32.3 Å². The van der Waals surface area contributed by atoms with Crippen LogP contribution in [0.15, 0.2) is 48.5 Å². The molecule has 2 rings (SSSR count).